The third kappa shape index (κ3) is 1.61. The van der Waals surface area contributed by atoms with Crippen molar-refractivity contribution in [3.8, 4) is 0 Å². The minimum absolute atomic E-state index is 0.0867. The number of piperazine rings is 1. The van der Waals surface area contributed by atoms with Crippen LogP contribution in [0.3, 0.4) is 0 Å². The summed E-state index contributed by atoms with van der Waals surface area (Å²) in [6.45, 7) is 3.89. The first-order valence-electron chi connectivity index (χ1n) is 4.63. The molecule has 1 aliphatic heterocycles. The Morgan fingerprint density at radius 3 is 3.21 bits per heavy atom. The molecular formula is C10H12N3O. The number of nitrogens with one attached hydrogen (secondary N) is 1. The van der Waals surface area contributed by atoms with Gasteiger partial charge in [0.15, 0.2) is 0 Å². The highest BCUT2D eigenvalue weighted by atomic mass is 16.2. The predicted molar refractivity (Wildman–Crippen MR) is 53.0 cm³/mol. The summed E-state index contributed by atoms with van der Waals surface area (Å²) in [5.74, 6) is 0.0867. The van der Waals surface area contributed by atoms with Crippen LogP contribution in [0.4, 0.5) is 5.69 Å². The van der Waals surface area contributed by atoms with Crippen LogP contribution in [0.2, 0.25) is 0 Å². The van der Waals surface area contributed by atoms with E-state index in [1.54, 1.807) is 11.1 Å². The molecule has 2 rings (SSSR count). The van der Waals surface area contributed by atoms with Gasteiger partial charge < -0.3 is 10.2 Å². The van der Waals surface area contributed by atoms with E-state index in [4.69, 9.17) is 0 Å². The smallest absolute Gasteiger partial charge is 0.241 e. The van der Waals surface area contributed by atoms with Crippen molar-refractivity contribution >= 4 is 11.6 Å². The fourth-order valence-corrected chi connectivity index (χ4v) is 1.53. The molecule has 0 bridgehead atoms. The van der Waals surface area contributed by atoms with Crippen LogP contribution in [0, 0.1) is 13.1 Å². The maximum Gasteiger partial charge on any atom is 0.241 e. The van der Waals surface area contributed by atoms with Gasteiger partial charge in [0.2, 0.25) is 5.91 Å². The molecule has 2 heterocycles. The lowest BCUT2D eigenvalue weighted by atomic mass is 10.2. The molecule has 0 spiro atoms. The zero-order chi connectivity index (χ0) is 9.97. The van der Waals surface area contributed by atoms with E-state index in [0.29, 0.717) is 13.1 Å². The summed E-state index contributed by atoms with van der Waals surface area (Å²) in [6.07, 6.45) is 4.55. The summed E-state index contributed by atoms with van der Waals surface area (Å²) in [6, 6.07) is 1.89. The van der Waals surface area contributed by atoms with Gasteiger partial charge >= 0.3 is 0 Å². The van der Waals surface area contributed by atoms with Crippen molar-refractivity contribution in [1.82, 2.24) is 10.3 Å². The Morgan fingerprint density at radius 1 is 1.64 bits per heavy atom. The van der Waals surface area contributed by atoms with Gasteiger partial charge in [0.1, 0.15) is 6.20 Å². The number of aryl methyl sites for hydroxylation is 1. The highest BCUT2D eigenvalue weighted by Crippen LogP contribution is 2.17. The van der Waals surface area contributed by atoms with E-state index in [1.165, 1.54) is 0 Å². The lowest BCUT2D eigenvalue weighted by molar-refractivity contribution is -0.118. The van der Waals surface area contributed by atoms with Crippen molar-refractivity contribution in [2.45, 2.75) is 6.92 Å². The monoisotopic (exact) mass is 190 g/mol. The lowest BCUT2D eigenvalue weighted by Crippen LogP contribution is -2.48. The average Bonchev–Trinajstić information content (AvgIpc) is 2.20. The number of hydrogen-bond donors (Lipinski definition) is 1. The summed E-state index contributed by atoms with van der Waals surface area (Å²) in [7, 11) is 0. The molecule has 0 aliphatic carbocycles. The molecule has 1 radical (unpaired) electrons. The molecular weight excluding hydrogens is 178 g/mol. The van der Waals surface area contributed by atoms with E-state index in [-0.39, 0.29) is 5.91 Å². The summed E-state index contributed by atoms with van der Waals surface area (Å²) in [4.78, 5) is 17.2. The van der Waals surface area contributed by atoms with E-state index in [1.807, 2.05) is 13.0 Å². The molecule has 14 heavy (non-hydrogen) atoms. The van der Waals surface area contributed by atoms with Crippen molar-refractivity contribution in [2.75, 3.05) is 24.5 Å². The van der Waals surface area contributed by atoms with Crippen LogP contribution < -0.4 is 10.2 Å². The van der Waals surface area contributed by atoms with Crippen LogP contribution >= 0.6 is 0 Å². The van der Waals surface area contributed by atoms with Gasteiger partial charge in [0, 0.05) is 19.3 Å². The van der Waals surface area contributed by atoms with E-state index >= 15 is 0 Å². The van der Waals surface area contributed by atoms with Crippen LogP contribution in [0.1, 0.15) is 5.56 Å². The van der Waals surface area contributed by atoms with Crippen molar-refractivity contribution in [3.63, 3.8) is 0 Å². The molecule has 1 aliphatic rings. The molecule has 1 fully saturated rings. The van der Waals surface area contributed by atoms with Crippen molar-refractivity contribution < 1.29 is 4.79 Å². The van der Waals surface area contributed by atoms with Crippen LogP contribution in [-0.2, 0) is 4.79 Å². The Labute approximate surface area is 82.9 Å². The first-order chi connectivity index (χ1) is 6.79. The molecule has 0 unspecified atom stereocenters. The van der Waals surface area contributed by atoms with Crippen molar-refractivity contribution in [1.29, 1.82) is 0 Å². The van der Waals surface area contributed by atoms with Gasteiger partial charge in [-0.25, -0.2) is 0 Å². The van der Waals surface area contributed by atoms with Crippen LogP contribution in [0.15, 0.2) is 12.3 Å². The Hall–Kier alpha value is -1.42. The molecule has 1 aromatic heterocycles. The number of carbonyl (C=O) groups excluding carboxylic acids is 1. The molecule has 1 N–H and O–H groups in total. The first kappa shape index (κ1) is 9.15. The summed E-state index contributed by atoms with van der Waals surface area (Å²) < 4.78 is 0. The minimum atomic E-state index is 0.0867. The number of pyridine rings is 1. The highest BCUT2D eigenvalue weighted by molar-refractivity contribution is 5.95. The third-order valence-electron chi connectivity index (χ3n) is 2.30. The quantitative estimate of drug-likeness (QED) is 0.684. The minimum Gasteiger partial charge on any atom is -0.308 e. The van der Waals surface area contributed by atoms with Gasteiger partial charge in [0.25, 0.3) is 0 Å². The Bertz CT molecular complexity index is 351. The average molecular weight is 190 g/mol. The number of amides is 1. The molecule has 1 aromatic rings. The largest absolute Gasteiger partial charge is 0.308 e. The second-order valence-electron chi connectivity index (χ2n) is 3.31. The molecule has 0 aromatic carbocycles. The number of anilines is 1. The maximum absolute atomic E-state index is 11.6. The predicted octanol–water partition coefficient (Wildman–Crippen LogP) is 0.126. The van der Waals surface area contributed by atoms with E-state index in [0.717, 1.165) is 17.8 Å². The van der Waals surface area contributed by atoms with Crippen LogP contribution in [-0.4, -0.2) is 30.5 Å². The van der Waals surface area contributed by atoms with Gasteiger partial charge in [0.05, 0.1) is 12.2 Å². The summed E-state index contributed by atoms with van der Waals surface area (Å²) in [5, 5.41) is 3.03. The number of aromatic nitrogens is 1. The van der Waals surface area contributed by atoms with Crippen molar-refractivity contribution in [2.24, 2.45) is 0 Å². The first-order valence-corrected chi connectivity index (χ1v) is 4.63. The zero-order valence-corrected chi connectivity index (χ0v) is 8.08. The van der Waals surface area contributed by atoms with Crippen LogP contribution in [0.25, 0.3) is 0 Å². The second-order valence-corrected chi connectivity index (χ2v) is 3.31. The molecule has 1 amide bonds. The maximum atomic E-state index is 11.6. The number of rotatable bonds is 1. The van der Waals surface area contributed by atoms with Crippen LogP contribution in [0.5, 0.6) is 0 Å². The molecule has 4 heteroatoms. The zero-order valence-electron chi connectivity index (χ0n) is 8.08. The molecule has 0 saturated carbocycles. The fraction of sp³-hybridized carbons (Fsp3) is 0.400. The standard InChI is InChI=1S/C10H12N3O/c1-8-2-3-11-6-9(8)13-5-4-12-7-10(13)14/h2-3,12H,4-5,7H2,1H3. The highest BCUT2D eigenvalue weighted by Gasteiger charge is 2.20. The number of nitrogens with zero attached hydrogens (tertiary/aromatic N) is 2. The van der Waals surface area contributed by atoms with Gasteiger partial charge in [-0.1, -0.05) is 0 Å². The third-order valence-corrected chi connectivity index (χ3v) is 2.30. The number of hydrogen-bond acceptors (Lipinski definition) is 3. The van der Waals surface area contributed by atoms with E-state index in [9.17, 15) is 4.79 Å². The van der Waals surface area contributed by atoms with E-state index in [2.05, 4.69) is 16.5 Å². The van der Waals surface area contributed by atoms with Gasteiger partial charge in [-0.05, 0) is 18.6 Å². The summed E-state index contributed by atoms with van der Waals surface area (Å²) >= 11 is 0. The Morgan fingerprint density at radius 2 is 2.50 bits per heavy atom. The number of carbonyl (C=O) groups is 1. The van der Waals surface area contributed by atoms with Gasteiger partial charge in [-0.15, -0.1) is 0 Å². The SMILES string of the molecule is Cc1ccn[c]c1N1CCNCC1=O. The normalized spacial score (nSPS) is 17.2. The second kappa shape index (κ2) is 3.75. The topological polar surface area (TPSA) is 45.2 Å². The molecule has 0 atom stereocenters. The van der Waals surface area contributed by atoms with Crippen molar-refractivity contribution in [3.05, 3.63) is 24.0 Å². The summed E-state index contributed by atoms with van der Waals surface area (Å²) in [5.41, 5.74) is 1.84. The fourth-order valence-electron chi connectivity index (χ4n) is 1.53. The lowest BCUT2D eigenvalue weighted by Gasteiger charge is -2.27. The molecule has 1 saturated heterocycles. The van der Waals surface area contributed by atoms with E-state index < -0.39 is 0 Å². The Kier molecular flexibility index (Phi) is 2.45. The molecule has 4 nitrogen and oxygen atoms in total. The molecule has 73 valence electrons. The van der Waals surface area contributed by atoms with Gasteiger partial charge in [-0.3, -0.25) is 9.78 Å². The van der Waals surface area contributed by atoms with Gasteiger partial charge in [-0.2, -0.15) is 0 Å². The Balaban J connectivity index is 2.29.